The summed E-state index contributed by atoms with van der Waals surface area (Å²) in [4.78, 5) is 0. The Hall–Kier alpha value is -2.67. The number of benzene rings is 2. The molecule has 6 nitrogen and oxygen atoms in total. The fourth-order valence-electron chi connectivity index (χ4n) is 3.16. The van der Waals surface area contributed by atoms with Crippen molar-refractivity contribution in [1.29, 1.82) is 0 Å². The van der Waals surface area contributed by atoms with Gasteiger partial charge in [-0.3, -0.25) is 0 Å². The highest BCUT2D eigenvalue weighted by atomic mass is 32.2. The highest BCUT2D eigenvalue weighted by molar-refractivity contribution is 7.98. The van der Waals surface area contributed by atoms with Crippen LogP contribution in [0.4, 0.5) is 0 Å². The Kier molecular flexibility index (Phi) is 6.14. The number of aromatic nitrogens is 2. The normalized spacial score (nSPS) is 10.8. The van der Waals surface area contributed by atoms with Crippen molar-refractivity contribution in [3.63, 3.8) is 0 Å². The summed E-state index contributed by atoms with van der Waals surface area (Å²) < 4.78 is 22.0. The molecular formula is C21H24N2O4S. The lowest BCUT2D eigenvalue weighted by molar-refractivity contribution is 0.324. The summed E-state index contributed by atoms with van der Waals surface area (Å²) in [6.07, 6.45) is 0. The fraction of sp³-hybridized carbons (Fsp3) is 0.333. The van der Waals surface area contributed by atoms with Gasteiger partial charge in [-0.15, -0.1) is 10.2 Å². The Balaban J connectivity index is 1.83. The van der Waals surface area contributed by atoms with Gasteiger partial charge in [0.05, 0.1) is 21.3 Å². The smallest absolute Gasteiger partial charge is 0.277 e. The van der Waals surface area contributed by atoms with Crippen LogP contribution in [0.2, 0.25) is 0 Å². The standard InChI is InChI=1S/C21H24N2O4S/c1-12-7-13(2)16(14(3)8-12)11-28-21-23-22-20(27-21)15-9-17(24-4)19(26-6)18(10-15)25-5/h7-10H,11H2,1-6H3. The highest BCUT2D eigenvalue weighted by Gasteiger charge is 2.18. The monoisotopic (exact) mass is 400 g/mol. The van der Waals surface area contributed by atoms with E-state index in [-0.39, 0.29) is 0 Å². The summed E-state index contributed by atoms with van der Waals surface area (Å²) in [5.74, 6) is 2.77. The fourth-order valence-corrected chi connectivity index (χ4v) is 4.12. The molecule has 0 unspecified atom stereocenters. The zero-order valence-corrected chi connectivity index (χ0v) is 17.8. The summed E-state index contributed by atoms with van der Waals surface area (Å²) in [6, 6.07) is 7.96. The van der Waals surface area contributed by atoms with Crippen LogP contribution in [-0.4, -0.2) is 31.5 Å². The number of hydrogen-bond acceptors (Lipinski definition) is 7. The maximum atomic E-state index is 5.86. The first-order valence-corrected chi connectivity index (χ1v) is 9.78. The van der Waals surface area contributed by atoms with E-state index in [0.29, 0.717) is 33.9 Å². The molecule has 0 atom stereocenters. The molecule has 0 N–H and O–H groups in total. The van der Waals surface area contributed by atoms with Crippen molar-refractivity contribution >= 4 is 11.8 Å². The molecule has 0 aliphatic carbocycles. The van der Waals surface area contributed by atoms with E-state index in [9.17, 15) is 0 Å². The van der Waals surface area contributed by atoms with Gasteiger partial charge in [0.2, 0.25) is 11.6 Å². The maximum absolute atomic E-state index is 5.86. The van der Waals surface area contributed by atoms with E-state index in [2.05, 4.69) is 43.1 Å². The molecule has 0 saturated carbocycles. The molecule has 0 fully saturated rings. The van der Waals surface area contributed by atoms with Gasteiger partial charge in [0.15, 0.2) is 11.5 Å². The number of nitrogens with zero attached hydrogens (tertiary/aromatic N) is 2. The Morgan fingerprint density at radius 3 is 2.00 bits per heavy atom. The Morgan fingerprint density at radius 2 is 1.46 bits per heavy atom. The third kappa shape index (κ3) is 4.09. The molecule has 2 aromatic carbocycles. The Labute approximate surface area is 169 Å². The molecule has 0 bridgehead atoms. The third-order valence-corrected chi connectivity index (χ3v) is 5.34. The number of ether oxygens (including phenoxy) is 3. The van der Waals surface area contributed by atoms with Gasteiger partial charge in [0, 0.05) is 11.3 Å². The molecule has 0 aliphatic heterocycles. The second kappa shape index (κ2) is 8.56. The van der Waals surface area contributed by atoms with Crippen molar-refractivity contribution < 1.29 is 18.6 Å². The van der Waals surface area contributed by atoms with Gasteiger partial charge in [-0.1, -0.05) is 29.5 Å². The number of hydrogen-bond donors (Lipinski definition) is 0. The van der Waals surface area contributed by atoms with Crippen molar-refractivity contribution in [2.45, 2.75) is 31.7 Å². The van der Waals surface area contributed by atoms with Gasteiger partial charge in [0.25, 0.3) is 5.22 Å². The largest absolute Gasteiger partial charge is 0.493 e. The lowest BCUT2D eigenvalue weighted by Gasteiger charge is -2.12. The summed E-state index contributed by atoms with van der Waals surface area (Å²) in [5, 5.41) is 8.86. The van der Waals surface area contributed by atoms with E-state index in [1.165, 1.54) is 34.0 Å². The lowest BCUT2D eigenvalue weighted by Crippen LogP contribution is -1.95. The average Bonchev–Trinajstić information content (AvgIpc) is 3.14. The van der Waals surface area contributed by atoms with Crippen molar-refractivity contribution in [3.8, 4) is 28.7 Å². The van der Waals surface area contributed by atoms with Crippen molar-refractivity contribution in [1.82, 2.24) is 10.2 Å². The molecule has 148 valence electrons. The van der Waals surface area contributed by atoms with Crippen LogP contribution >= 0.6 is 11.8 Å². The van der Waals surface area contributed by atoms with E-state index in [1.54, 1.807) is 33.5 Å². The Morgan fingerprint density at radius 1 is 0.857 bits per heavy atom. The molecule has 0 amide bonds. The molecule has 28 heavy (non-hydrogen) atoms. The minimum atomic E-state index is 0.402. The van der Waals surface area contributed by atoms with Crippen molar-refractivity contribution in [3.05, 3.63) is 46.5 Å². The molecule has 1 heterocycles. The van der Waals surface area contributed by atoms with Gasteiger partial charge in [0.1, 0.15) is 0 Å². The molecule has 0 spiro atoms. The summed E-state index contributed by atoms with van der Waals surface area (Å²) >= 11 is 1.52. The summed E-state index contributed by atoms with van der Waals surface area (Å²) in [5.41, 5.74) is 5.81. The molecule has 0 radical (unpaired) electrons. The summed E-state index contributed by atoms with van der Waals surface area (Å²) in [7, 11) is 4.71. The van der Waals surface area contributed by atoms with Crippen molar-refractivity contribution in [2.24, 2.45) is 0 Å². The van der Waals surface area contributed by atoms with Gasteiger partial charge in [-0.2, -0.15) is 0 Å². The first-order chi connectivity index (χ1) is 13.5. The number of rotatable bonds is 7. The maximum Gasteiger partial charge on any atom is 0.277 e. The van der Waals surface area contributed by atoms with Crippen LogP contribution < -0.4 is 14.2 Å². The number of aryl methyl sites for hydroxylation is 3. The van der Waals surface area contributed by atoms with Crippen LogP contribution in [-0.2, 0) is 5.75 Å². The predicted molar refractivity (Wildman–Crippen MR) is 110 cm³/mol. The van der Waals surface area contributed by atoms with E-state index in [1.807, 2.05) is 0 Å². The SMILES string of the molecule is COc1cc(-c2nnc(SCc3c(C)cc(C)cc3C)o2)cc(OC)c1OC. The Bertz CT molecular complexity index is 936. The van der Waals surface area contributed by atoms with Gasteiger partial charge < -0.3 is 18.6 Å². The van der Waals surface area contributed by atoms with Crippen LogP contribution in [0.5, 0.6) is 17.2 Å². The van der Waals surface area contributed by atoms with E-state index in [4.69, 9.17) is 18.6 Å². The summed E-state index contributed by atoms with van der Waals surface area (Å²) in [6.45, 7) is 6.37. The van der Waals surface area contributed by atoms with Gasteiger partial charge in [-0.05, 0) is 49.6 Å². The molecule has 3 aromatic rings. The van der Waals surface area contributed by atoms with Crippen LogP contribution in [0, 0.1) is 20.8 Å². The second-order valence-electron chi connectivity index (χ2n) is 6.45. The van der Waals surface area contributed by atoms with Crippen LogP contribution in [0.1, 0.15) is 22.3 Å². The van der Waals surface area contributed by atoms with Gasteiger partial charge >= 0.3 is 0 Å². The molecular weight excluding hydrogens is 376 g/mol. The zero-order valence-electron chi connectivity index (χ0n) is 17.0. The van der Waals surface area contributed by atoms with E-state index >= 15 is 0 Å². The van der Waals surface area contributed by atoms with E-state index < -0.39 is 0 Å². The first kappa shape index (κ1) is 20.1. The molecule has 0 aliphatic rings. The van der Waals surface area contributed by atoms with Crippen molar-refractivity contribution in [2.75, 3.05) is 21.3 Å². The average molecular weight is 401 g/mol. The van der Waals surface area contributed by atoms with Crippen LogP contribution in [0.15, 0.2) is 33.9 Å². The number of thioether (sulfide) groups is 1. The third-order valence-electron chi connectivity index (χ3n) is 4.50. The van der Waals surface area contributed by atoms with Gasteiger partial charge in [-0.25, -0.2) is 0 Å². The minimum Gasteiger partial charge on any atom is -0.493 e. The quantitative estimate of drug-likeness (QED) is 0.518. The van der Waals surface area contributed by atoms with Crippen LogP contribution in [0.3, 0.4) is 0 Å². The highest BCUT2D eigenvalue weighted by Crippen LogP contribution is 2.41. The second-order valence-corrected chi connectivity index (χ2v) is 7.38. The van der Waals surface area contributed by atoms with E-state index in [0.717, 1.165) is 5.75 Å². The molecule has 0 saturated heterocycles. The molecule has 3 rings (SSSR count). The molecule has 1 aromatic heterocycles. The molecule has 7 heteroatoms. The number of methoxy groups -OCH3 is 3. The zero-order chi connectivity index (χ0) is 20.3. The first-order valence-electron chi connectivity index (χ1n) is 8.80. The topological polar surface area (TPSA) is 66.6 Å². The predicted octanol–water partition coefficient (Wildman–Crippen LogP) is 4.98. The van der Waals surface area contributed by atoms with Crippen LogP contribution in [0.25, 0.3) is 11.5 Å². The lowest BCUT2D eigenvalue weighted by atomic mass is 10.0. The minimum absolute atomic E-state index is 0.402.